The van der Waals surface area contributed by atoms with Gasteiger partial charge in [0.2, 0.25) is 6.79 Å². The second kappa shape index (κ2) is 8.05. The summed E-state index contributed by atoms with van der Waals surface area (Å²) in [5, 5.41) is 9.88. The Balaban J connectivity index is 1.32. The molecule has 0 aliphatic carbocycles. The van der Waals surface area contributed by atoms with Crippen LogP contribution in [0.1, 0.15) is 11.3 Å². The number of benzene rings is 2. The second-order valence-electron chi connectivity index (χ2n) is 7.43. The number of pyridine rings is 1. The molecule has 0 bridgehead atoms. The van der Waals surface area contributed by atoms with Gasteiger partial charge in [-0.3, -0.25) is 4.57 Å². The van der Waals surface area contributed by atoms with Crippen LogP contribution < -0.4 is 9.47 Å². The number of aromatic nitrogens is 5. The lowest BCUT2D eigenvalue weighted by Gasteiger charge is -2.11. The number of rotatable bonds is 6. The van der Waals surface area contributed by atoms with Crippen molar-refractivity contribution in [2.75, 3.05) is 6.79 Å². The van der Waals surface area contributed by atoms with E-state index in [4.69, 9.17) is 14.5 Å². The Labute approximate surface area is 188 Å². The van der Waals surface area contributed by atoms with E-state index in [1.807, 2.05) is 59.1 Å². The lowest BCUT2D eigenvalue weighted by Crippen LogP contribution is -2.04. The first kappa shape index (κ1) is 18.9. The zero-order valence-corrected chi connectivity index (χ0v) is 17.9. The second-order valence-corrected chi connectivity index (χ2v) is 8.38. The third-order valence-corrected chi connectivity index (χ3v) is 6.29. The highest BCUT2D eigenvalue weighted by Crippen LogP contribution is 2.34. The number of imidazole rings is 1. The molecule has 2 aromatic carbocycles. The van der Waals surface area contributed by atoms with Gasteiger partial charge in [0, 0.05) is 23.7 Å². The summed E-state index contributed by atoms with van der Waals surface area (Å²) in [6.45, 7) is 0.891. The van der Waals surface area contributed by atoms with Gasteiger partial charge in [-0.05, 0) is 29.8 Å². The summed E-state index contributed by atoms with van der Waals surface area (Å²) in [6, 6.07) is 22.2. The topological polar surface area (TPSA) is 66.5 Å². The average Bonchev–Trinajstić information content (AvgIpc) is 3.56. The van der Waals surface area contributed by atoms with Crippen molar-refractivity contribution in [3.63, 3.8) is 0 Å². The molecule has 0 N–H and O–H groups in total. The lowest BCUT2D eigenvalue weighted by molar-refractivity contribution is 0.174. The van der Waals surface area contributed by atoms with Crippen molar-refractivity contribution in [3.8, 4) is 22.9 Å². The molecule has 0 saturated heterocycles. The van der Waals surface area contributed by atoms with Gasteiger partial charge in [0.1, 0.15) is 5.65 Å². The van der Waals surface area contributed by atoms with Crippen LogP contribution in [0, 0.1) is 0 Å². The molecular formula is C24H19N5O2S. The highest BCUT2D eigenvalue weighted by atomic mass is 32.2. The Morgan fingerprint density at radius 3 is 2.69 bits per heavy atom. The third-order valence-electron chi connectivity index (χ3n) is 5.29. The summed E-state index contributed by atoms with van der Waals surface area (Å²) < 4.78 is 15.2. The van der Waals surface area contributed by atoms with Crippen LogP contribution in [0.5, 0.6) is 11.5 Å². The van der Waals surface area contributed by atoms with Crippen LogP contribution >= 0.6 is 11.8 Å². The van der Waals surface area contributed by atoms with Crippen molar-refractivity contribution in [1.82, 2.24) is 24.1 Å². The summed E-state index contributed by atoms with van der Waals surface area (Å²) in [4.78, 5) is 4.70. The van der Waals surface area contributed by atoms with Crippen LogP contribution in [0.25, 0.3) is 17.0 Å². The Bertz CT molecular complexity index is 1360. The largest absolute Gasteiger partial charge is 0.454 e. The maximum Gasteiger partial charge on any atom is 0.231 e. The number of ether oxygens (including phenoxy) is 2. The maximum atomic E-state index is 5.56. The van der Waals surface area contributed by atoms with Crippen LogP contribution in [-0.4, -0.2) is 30.9 Å². The van der Waals surface area contributed by atoms with Crippen LogP contribution in [-0.2, 0) is 12.3 Å². The minimum atomic E-state index is 0.265. The van der Waals surface area contributed by atoms with E-state index < -0.39 is 0 Å². The van der Waals surface area contributed by atoms with Crippen molar-refractivity contribution in [2.45, 2.75) is 17.5 Å². The molecule has 3 aromatic heterocycles. The van der Waals surface area contributed by atoms with Crippen molar-refractivity contribution in [1.29, 1.82) is 0 Å². The summed E-state index contributed by atoms with van der Waals surface area (Å²) in [5.41, 5.74) is 4.07. The van der Waals surface area contributed by atoms with Gasteiger partial charge in [-0.2, -0.15) is 0 Å². The molecule has 1 aliphatic heterocycles. The average molecular weight is 442 g/mol. The van der Waals surface area contributed by atoms with E-state index in [0.717, 1.165) is 44.9 Å². The molecule has 7 nitrogen and oxygen atoms in total. The molecule has 5 aromatic rings. The molecule has 0 spiro atoms. The Morgan fingerprint density at radius 1 is 0.906 bits per heavy atom. The van der Waals surface area contributed by atoms with E-state index >= 15 is 0 Å². The number of nitrogens with zero attached hydrogens (tertiary/aromatic N) is 5. The Kier molecular flexibility index (Phi) is 4.77. The van der Waals surface area contributed by atoms with Crippen molar-refractivity contribution >= 4 is 17.4 Å². The molecule has 0 fully saturated rings. The quantitative estimate of drug-likeness (QED) is 0.357. The van der Waals surface area contributed by atoms with Gasteiger partial charge in [0.15, 0.2) is 22.5 Å². The molecule has 0 unspecified atom stereocenters. The van der Waals surface area contributed by atoms with Crippen molar-refractivity contribution in [3.05, 3.63) is 90.4 Å². The molecule has 0 atom stereocenters. The fourth-order valence-corrected chi connectivity index (χ4v) is 4.58. The van der Waals surface area contributed by atoms with Gasteiger partial charge in [-0.25, -0.2) is 4.98 Å². The van der Waals surface area contributed by atoms with Crippen molar-refractivity contribution < 1.29 is 9.47 Å². The van der Waals surface area contributed by atoms with E-state index in [1.165, 1.54) is 0 Å². The Morgan fingerprint density at radius 2 is 1.78 bits per heavy atom. The van der Waals surface area contributed by atoms with Crippen LogP contribution in [0.2, 0.25) is 0 Å². The van der Waals surface area contributed by atoms with E-state index in [1.54, 1.807) is 11.8 Å². The monoisotopic (exact) mass is 441 g/mol. The van der Waals surface area contributed by atoms with Crippen LogP contribution in [0.3, 0.4) is 0 Å². The molecule has 0 radical (unpaired) electrons. The highest BCUT2D eigenvalue weighted by molar-refractivity contribution is 7.98. The fraction of sp³-hybridized carbons (Fsp3) is 0.125. The van der Waals surface area contributed by atoms with E-state index in [-0.39, 0.29) is 6.79 Å². The van der Waals surface area contributed by atoms with E-state index in [2.05, 4.69) is 39.2 Å². The summed E-state index contributed by atoms with van der Waals surface area (Å²) in [5.74, 6) is 3.09. The molecule has 6 rings (SSSR count). The molecule has 1 aliphatic rings. The van der Waals surface area contributed by atoms with Gasteiger partial charge in [-0.1, -0.05) is 54.2 Å². The van der Waals surface area contributed by atoms with E-state index in [0.29, 0.717) is 12.3 Å². The molecule has 32 heavy (non-hydrogen) atoms. The first-order valence-electron chi connectivity index (χ1n) is 10.3. The first-order chi connectivity index (χ1) is 15.8. The van der Waals surface area contributed by atoms with Gasteiger partial charge in [0.05, 0.1) is 12.2 Å². The van der Waals surface area contributed by atoms with Crippen molar-refractivity contribution in [2.24, 2.45) is 0 Å². The van der Waals surface area contributed by atoms with Gasteiger partial charge in [0.25, 0.3) is 0 Å². The van der Waals surface area contributed by atoms with Gasteiger partial charge < -0.3 is 13.9 Å². The minimum absolute atomic E-state index is 0.265. The molecular weight excluding hydrogens is 422 g/mol. The predicted octanol–water partition coefficient (Wildman–Crippen LogP) is 4.66. The molecule has 0 amide bonds. The minimum Gasteiger partial charge on any atom is -0.454 e. The molecule has 8 heteroatoms. The predicted molar refractivity (Wildman–Crippen MR) is 122 cm³/mol. The molecule has 0 saturated carbocycles. The summed E-state index contributed by atoms with van der Waals surface area (Å²) in [7, 11) is 0. The zero-order chi connectivity index (χ0) is 21.3. The van der Waals surface area contributed by atoms with E-state index in [9.17, 15) is 0 Å². The summed E-state index contributed by atoms with van der Waals surface area (Å²) in [6.07, 6.45) is 4.06. The number of fused-ring (bicyclic) bond motifs is 2. The van der Waals surface area contributed by atoms with Gasteiger partial charge in [-0.15, -0.1) is 10.2 Å². The maximum absolute atomic E-state index is 5.56. The smallest absolute Gasteiger partial charge is 0.231 e. The van der Waals surface area contributed by atoms with Gasteiger partial charge >= 0.3 is 0 Å². The Hall–Kier alpha value is -3.78. The summed E-state index contributed by atoms with van der Waals surface area (Å²) >= 11 is 1.63. The molecule has 4 heterocycles. The molecule has 158 valence electrons. The number of hydrogen-bond acceptors (Lipinski definition) is 6. The zero-order valence-electron chi connectivity index (χ0n) is 17.1. The lowest BCUT2D eigenvalue weighted by atomic mass is 10.2. The van der Waals surface area contributed by atoms with Crippen LogP contribution in [0.4, 0.5) is 0 Å². The third kappa shape index (κ3) is 3.58. The first-order valence-corrected chi connectivity index (χ1v) is 11.2. The SMILES string of the molecule is c1ccc(-c2nnc(SCc3cn4ccccc4n3)n2Cc2ccc3c(c2)OCO3)cc1. The fourth-order valence-electron chi connectivity index (χ4n) is 3.76. The highest BCUT2D eigenvalue weighted by Gasteiger charge is 2.18. The standard InChI is InChI=1S/C24H19N5O2S/c1-2-6-18(7-3-1)23-26-27-24(32-15-19-14-28-11-5-4-8-22(28)25-19)29(23)13-17-9-10-20-21(12-17)31-16-30-20/h1-12,14H,13,15-16H2. The number of hydrogen-bond donors (Lipinski definition) is 0. The number of thioether (sulfide) groups is 1. The van der Waals surface area contributed by atoms with Crippen LogP contribution in [0.15, 0.2) is 84.3 Å². The normalized spacial score (nSPS) is 12.5.